The summed E-state index contributed by atoms with van der Waals surface area (Å²) in [5, 5.41) is 18.3. The molecule has 0 amide bonds. The number of hydrogen-bond acceptors (Lipinski definition) is 5. The molecular formula is C15H19N3O2. The zero-order chi connectivity index (χ0) is 14.2. The first-order valence-electron chi connectivity index (χ1n) is 6.89. The summed E-state index contributed by atoms with van der Waals surface area (Å²) in [4.78, 5) is 2.11. The van der Waals surface area contributed by atoms with Crippen molar-refractivity contribution in [1.29, 1.82) is 0 Å². The van der Waals surface area contributed by atoms with Crippen molar-refractivity contribution in [3.63, 3.8) is 0 Å². The van der Waals surface area contributed by atoms with Crippen LogP contribution in [0.5, 0.6) is 0 Å². The summed E-state index contributed by atoms with van der Waals surface area (Å²) in [6.07, 6.45) is 0. The van der Waals surface area contributed by atoms with Crippen molar-refractivity contribution < 1.29 is 9.52 Å². The van der Waals surface area contributed by atoms with Crippen LogP contribution in [0.3, 0.4) is 0 Å². The maximum absolute atomic E-state index is 10.2. The molecule has 0 radical (unpaired) electrons. The fraction of sp³-hybridized carbons (Fsp3) is 0.467. The first-order chi connectivity index (χ1) is 9.57. The van der Waals surface area contributed by atoms with E-state index in [9.17, 15) is 5.11 Å². The summed E-state index contributed by atoms with van der Waals surface area (Å²) < 4.78 is 5.66. The second kappa shape index (κ2) is 5.00. The van der Waals surface area contributed by atoms with Gasteiger partial charge in [0.1, 0.15) is 0 Å². The van der Waals surface area contributed by atoms with Gasteiger partial charge in [-0.05, 0) is 18.1 Å². The highest BCUT2D eigenvalue weighted by atomic mass is 16.4. The van der Waals surface area contributed by atoms with Gasteiger partial charge in [0, 0.05) is 18.7 Å². The summed E-state index contributed by atoms with van der Waals surface area (Å²) in [6, 6.07) is 9.72. The highest BCUT2D eigenvalue weighted by molar-refractivity contribution is 5.51. The summed E-state index contributed by atoms with van der Waals surface area (Å²) in [6.45, 7) is 5.99. The van der Waals surface area contributed by atoms with Crippen molar-refractivity contribution in [3.8, 4) is 11.5 Å². The predicted molar refractivity (Wildman–Crippen MR) is 74.8 cm³/mol. The molecule has 1 aromatic heterocycles. The molecule has 5 heteroatoms. The fourth-order valence-electron chi connectivity index (χ4n) is 2.41. The largest absolute Gasteiger partial charge is 0.419 e. The van der Waals surface area contributed by atoms with Crippen LogP contribution < -0.4 is 0 Å². The summed E-state index contributed by atoms with van der Waals surface area (Å²) in [7, 11) is 0. The van der Waals surface area contributed by atoms with Gasteiger partial charge < -0.3 is 9.52 Å². The van der Waals surface area contributed by atoms with E-state index < -0.39 is 5.60 Å². The molecule has 1 fully saturated rings. The topological polar surface area (TPSA) is 62.4 Å². The van der Waals surface area contributed by atoms with Crippen LogP contribution in [0.15, 0.2) is 34.7 Å². The molecule has 0 atom stereocenters. The van der Waals surface area contributed by atoms with Crippen LogP contribution in [0.4, 0.5) is 0 Å². The molecule has 0 unspecified atom stereocenters. The number of aromatic nitrogens is 2. The Morgan fingerprint density at radius 1 is 1.25 bits per heavy atom. The van der Waals surface area contributed by atoms with E-state index in [1.807, 2.05) is 44.2 Å². The van der Waals surface area contributed by atoms with E-state index in [4.69, 9.17) is 4.42 Å². The second-order valence-corrected chi connectivity index (χ2v) is 5.77. The quantitative estimate of drug-likeness (QED) is 0.922. The Morgan fingerprint density at radius 3 is 2.60 bits per heavy atom. The Bertz CT molecular complexity index is 574. The number of rotatable bonds is 4. The van der Waals surface area contributed by atoms with Gasteiger partial charge in [-0.25, -0.2) is 0 Å². The average Bonchev–Trinajstić information content (AvgIpc) is 2.86. The monoisotopic (exact) mass is 273 g/mol. The lowest BCUT2D eigenvalue weighted by molar-refractivity contribution is -0.132. The third-order valence-corrected chi connectivity index (χ3v) is 3.92. The van der Waals surface area contributed by atoms with Crippen molar-refractivity contribution in [2.45, 2.75) is 26.0 Å². The number of likely N-dealkylation sites (tertiary alicyclic amines) is 1. The number of benzene rings is 1. The van der Waals surface area contributed by atoms with Gasteiger partial charge >= 0.3 is 0 Å². The minimum Gasteiger partial charge on any atom is -0.419 e. The van der Waals surface area contributed by atoms with Crippen LogP contribution in [0.1, 0.15) is 19.7 Å². The molecule has 1 aliphatic heterocycles. The lowest BCUT2D eigenvalue weighted by Crippen LogP contribution is -2.63. The Labute approximate surface area is 118 Å². The third kappa shape index (κ3) is 2.46. The van der Waals surface area contributed by atoms with Gasteiger partial charge in [0.05, 0.1) is 12.1 Å². The van der Waals surface area contributed by atoms with Gasteiger partial charge in [-0.15, -0.1) is 10.2 Å². The average molecular weight is 273 g/mol. The molecule has 0 bridgehead atoms. The van der Waals surface area contributed by atoms with Crippen molar-refractivity contribution in [3.05, 3.63) is 36.2 Å². The SMILES string of the molecule is CC(C)C1(O)CN(Cc2nnc(-c3ccccc3)o2)C1. The minimum absolute atomic E-state index is 0.265. The van der Waals surface area contributed by atoms with Crippen molar-refractivity contribution in [2.24, 2.45) is 5.92 Å². The maximum atomic E-state index is 10.2. The lowest BCUT2D eigenvalue weighted by atomic mass is 9.83. The molecule has 3 rings (SSSR count). The molecule has 1 aliphatic rings. The Balaban J connectivity index is 1.62. The fourth-order valence-corrected chi connectivity index (χ4v) is 2.41. The van der Waals surface area contributed by atoms with Crippen LogP contribution in [-0.2, 0) is 6.54 Å². The molecule has 5 nitrogen and oxygen atoms in total. The predicted octanol–water partition coefficient (Wildman–Crippen LogP) is 1.94. The number of hydrogen-bond donors (Lipinski definition) is 1. The van der Waals surface area contributed by atoms with Gasteiger partial charge in [0.2, 0.25) is 11.8 Å². The minimum atomic E-state index is -0.567. The number of nitrogens with zero attached hydrogens (tertiary/aromatic N) is 3. The zero-order valence-corrected chi connectivity index (χ0v) is 11.8. The first kappa shape index (κ1) is 13.3. The highest BCUT2D eigenvalue weighted by Crippen LogP contribution is 2.29. The van der Waals surface area contributed by atoms with Gasteiger partial charge in [-0.1, -0.05) is 32.0 Å². The number of aliphatic hydroxyl groups is 1. The van der Waals surface area contributed by atoms with E-state index >= 15 is 0 Å². The molecule has 0 aliphatic carbocycles. The second-order valence-electron chi connectivity index (χ2n) is 5.77. The summed E-state index contributed by atoms with van der Waals surface area (Å²) in [5.74, 6) is 1.40. The standard InChI is InChI=1S/C15H19N3O2/c1-11(2)15(19)9-18(10-15)8-13-16-17-14(20-13)12-6-4-3-5-7-12/h3-7,11,19H,8-10H2,1-2H3. The van der Waals surface area contributed by atoms with Crippen LogP contribution in [0.25, 0.3) is 11.5 Å². The Morgan fingerprint density at radius 2 is 1.95 bits per heavy atom. The third-order valence-electron chi connectivity index (χ3n) is 3.92. The first-order valence-corrected chi connectivity index (χ1v) is 6.89. The highest BCUT2D eigenvalue weighted by Gasteiger charge is 2.43. The molecule has 20 heavy (non-hydrogen) atoms. The molecule has 106 valence electrons. The van der Waals surface area contributed by atoms with Crippen LogP contribution >= 0.6 is 0 Å². The van der Waals surface area contributed by atoms with Crippen molar-refractivity contribution in [1.82, 2.24) is 15.1 Å². The van der Waals surface area contributed by atoms with E-state index in [1.165, 1.54) is 0 Å². The smallest absolute Gasteiger partial charge is 0.247 e. The van der Waals surface area contributed by atoms with Gasteiger partial charge in [-0.2, -0.15) is 0 Å². The van der Waals surface area contributed by atoms with E-state index in [0.717, 1.165) is 5.56 Å². The maximum Gasteiger partial charge on any atom is 0.247 e. The molecule has 2 heterocycles. The molecule has 1 saturated heterocycles. The summed E-state index contributed by atoms with van der Waals surface area (Å²) >= 11 is 0. The normalized spacial score (nSPS) is 18.2. The van der Waals surface area contributed by atoms with Crippen LogP contribution in [-0.4, -0.2) is 38.9 Å². The van der Waals surface area contributed by atoms with Crippen LogP contribution in [0.2, 0.25) is 0 Å². The van der Waals surface area contributed by atoms with Crippen LogP contribution in [0, 0.1) is 5.92 Å². The van der Waals surface area contributed by atoms with Gasteiger partial charge in [-0.3, -0.25) is 4.90 Å². The molecule has 1 N–H and O–H groups in total. The molecule has 2 aromatic rings. The zero-order valence-electron chi connectivity index (χ0n) is 11.8. The molecule has 0 spiro atoms. The summed E-state index contributed by atoms with van der Waals surface area (Å²) in [5.41, 5.74) is 0.357. The molecule has 0 saturated carbocycles. The van der Waals surface area contributed by atoms with E-state index in [2.05, 4.69) is 15.1 Å². The number of β-amino-alcohol motifs (C(OH)–C–C–N with tert-alkyl or cyclic N) is 1. The van der Waals surface area contributed by atoms with E-state index in [-0.39, 0.29) is 5.92 Å². The van der Waals surface area contributed by atoms with Crippen molar-refractivity contribution in [2.75, 3.05) is 13.1 Å². The van der Waals surface area contributed by atoms with E-state index in [1.54, 1.807) is 0 Å². The Kier molecular flexibility index (Phi) is 3.31. The molecule has 1 aromatic carbocycles. The van der Waals surface area contributed by atoms with Gasteiger partial charge in [0.15, 0.2) is 0 Å². The lowest BCUT2D eigenvalue weighted by Gasteiger charge is -2.48. The molecular weight excluding hydrogens is 254 g/mol. The van der Waals surface area contributed by atoms with Gasteiger partial charge in [0.25, 0.3) is 0 Å². The van der Waals surface area contributed by atoms with E-state index in [0.29, 0.717) is 31.4 Å². The van der Waals surface area contributed by atoms with Crippen molar-refractivity contribution >= 4 is 0 Å². The Hall–Kier alpha value is -1.72.